The molecule has 0 fully saturated rings. The van der Waals surface area contributed by atoms with E-state index in [2.05, 4.69) is 21.2 Å². The van der Waals surface area contributed by atoms with E-state index in [1.165, 1.54) is 19.2 Å². The SMILES string of the molecule is CN(CC#N)S(=O)(=O)c1cc(Br)cc2c1OCCNC2=O. The van der Waals surface area contributed by atoms with Crippen molar-refractivity contribution in [3.05, 3.63) is 22.2 Å². The Bertz CT molecular complexity index is 727. The van der Waals surface area contributed by atoms with Gasteiger partial charge in [-0.2, -0.15) is 9.57 Å². The van der Waals surface area contributed by atoms with Gasteiger partial charge in [-0.25, -0.2) is 8.42 Å². The zero-order valence-corrected chi connectivity index (χ0v) is 13.5. The van der Waals surface area contributed by atoms with Crippen LogP contribution in [-0.4, -0.2) is 45.4 Å². The molecule has 21 heavy (non-hydrogen) atoms. The second kappa shape index (κ2) is 6.01. The molecule has 1 aliphatic rings. The maximum atomic E-state index is 12.5. The van der Waals surface area contributed by atoms with Gasteiger partial charge in [-0.05, 0) is 12.1 Å². The summed E-state index contributed by atoms with van der Waals surface area (Å²) in [6.45, 7) is 0.166. The molecular weight excluding hydrogens is 362 g/mol. The molecule has 0 saturated carbocycles. The Balaban J connectivity index is 2.65. The van der Waals surface area contributed by atoms with Gasteiger partial charge < -0.3 is 10.1 Å². The zero-order valence-electron chi connectivity index (χ0n) is 11.1. The second-order valence-electron chi connectivity index (χ2n) is 4.30. The summed E-state index contributed by atoms with van der Waals surface area (Å²) >= 11 is 3.19. The topological polar surface area (TPSA) is 99.5 Å². The Morgan fingerprint density at radius 2 is 2.24 bits per heavy atom. The fraction of sp³-hybridized carbons (Fsp3) is 0.333. The molecule has 0 unspecified atom stereocenters. The Kier molecular flexibility index (Phi) is 4.51. The van der Waals surface area contributed by atoms with Crippen LogP contribution < -0.4 is 10.1 Å². The highest BCUT2D eigenvalue weighted by Gasteiger charge is 2.30. The van der Waals surface area contributed by atoms with E-state index in [4.69, 9.17) is 10.00 Å². The molecule has 0 radical (unpaired) electrons. The number of hydrogen-bond acceptors (Lipinski definition) is 5. The Morgan fingerprint density at radius 3 is 2.90 bits per heavy atom. The molecule has 112 valence electrons. The lowest BCUT2D eigenvalue weighted by molar-refractivity contribution is 0.0957. The van der Waals surface area contributed by atoms with Gasteiger partial charge in [-0.15, -0.1) is 0 Å². The highest BCUT2D eigenvalue weighted by atomic mass is 79.9. The molecule has 1 aliphatic heterocycles. The average molecular weight is 374 g/mol. The first-order valence-corrected chi connectivity index (χ1v) is 8.19. The molecule has 0 aliphatic carbocycles. The number of carbonyl (C=O) groups excluding carboxylic acids is 1. The number of halogens is 1. The molecule has 0 aromatic heterocycles. The number of rotatable bonds is 3. The third-order valence-corrected chi connectivity index (χ3v) is 5.15. The predicted molar refractivity (Wildman–Crippen MR) is 77.4 cm³/mol. The van der Waals surface area contributed by atoms with Crippen LogP contribution in [0.15, 0.2) is 21.5 Å². The van der Waals surface area contributed by atoms with Crippen LogP contribution in [0, 0.1) is 11.3 Å². The van der Waals surface area contributed by atoms with E-state index >= 15 is 0 Å². The maximum absolute atomic E-state index is 12.5. The van der Waals surface area contributed by atoms with Crippen LogP contribution in [0.5, 0.6) is 5.75 Å². The number of sulfonamides is 1. The van der Waals surface area contributed by atoms with Crippen molar-refractivity contribution in [2.45, 2.75) is 4.90 Å². The van der Waals surface area contributed by atoms with E-state index < -0.39 is 15.9 Å². The van der Waals surface area contributed by atoms with Crippen LogP contribution >= 0.6 is 15.9 Å². The van der Waals surface area contributed by atoms with E-state index in [0.29, 0.717) is 11.0 Å². The number of fused-ring (bicyclic) bond motifs is 1. The molecular formula is C12H12BrN3O4S. The number of hydrogen-bond donors (Lipinski definition) is 1. The molecule has 0 atom stereocenters. The minimum Gasteiger partial charge on any atom is -0.489 e. The Hall–Kier alpha value is -1.63. The number of benzene rings is 1. The van der Waals surface area contributed by atoms with E-state index in [1.807, 2.05) is 0 Å². The van der Waals surface area contributed by atoms with E-state index in [1.54, 1.807) is 6.07 Å². The minimum absolute atomic E-state index is 0.0120. The Labute approximate surface area is 130 Å². The van der Waals surface area contributed by atoms with Crippen LogP contribution in [-0.2, 0) is 10.0 Å². The number of nitrogens with zero attached hydrogens (tertiary/aromatic N) is 2. The predicted octanol–water partition coefficient (Wildman–Crippen LogP) is 0.715. The van der Waals surface area contributed by atoms with Crippen LogP contribution in [0.25, 0.3) is 0 Å². The molecule has 1 N–H and O–H groups in total. The summed E-state index contributed by atoms with van der Waals surface area (Å²) in [7, 11) is -2.63. The summed E-state index contributed by atoms with van der Waals surface area (Å²) in [6, 6.07) is 4.64. The van der Waals surface area contributed by atoms with Gasteiger partial charge in [0, 0.05) is 11.5 Å². The largest absolute Gasteiger partial charge is 0.489 e. The summed E-state index contributed by atoms with van der Waals surface area (Å²) in [6.07, 6.45) is 0. The van der Waals surface area contributed by atoms with Crippen LogP contribution in [0.4, 0.5) is 0 Å². The second-order valence-corrected chi connectivity index (χ2v) is 7.23. The monoisotopic (exact) mass is 373 g/mol. The number of amides is 1. The van der Waals surface area contributed by atoms with E-state index in [-0.39, 0.29) is 29.4 Å². The first-order valence-electron chi connectivity index (χ1n) is 5.95. The first kappa shape index (κ1) is 15.8. The summed E-state index contributed by atoms with van der Waals surface area (Å²) in [4.78, 5) is 11.8. The van der Waals surface area contributed by atoms with Crippen molar-refractivity contribution in [2.24, 2.45) is 0 Å². The van der Waals surface area contributed by atoms with Crippen LogP contribution in [0.1, 0.15) is 10.4 Å². The van der Waals surface area contributed by atoms with Gasteiger partial charge in [0.15, 0.2) is 5.75 Å². The van der Waals surface area contributed by atoms with Crippen molar-refractivity contribution in [3.63, 3.8) is 0 Å². The Morgan fingerprint density at radius 1 is 1.52 bits per heavy atom. The molecule has 1 aromatic carbocycles. The minimum atomic E-state index is -3.93. The molecule has 0 bridgehead atoms. The summed E-state index contributed by atoms with van der Waals surface area (Å²) in [5, 5.41) is 11.3. The number of ether oxygens (including phenoxy) is 1. The molecule has 2 rings (SSSR count). The van der Waals surface area contributed by atoms with E-state index in [0.717, 1.165) is 4.31 Å². The van der Waals surface area contributed by atoms with Gasteiger partial charge in [0.1, 0.15) is 18.0 Å². The van der Waals surface area contributed by atoms with Gasteiger partial charge in [-0.1, -0.05) is 15.9 Å². The molecule has 1 amide bonds. The maximum Gasteiger partial charge on any atom is 0.255 e. The lowest BCUT2D eigenvalue weighted by Crippen LogP contribution is -2.28. The molecule has 1 aromatic rings. The molecule has 7 nitrogen and oxygen atoms in total. The smallest absolute Gasteiger partial charge is 0.255 e. The number of nitriles is 1. The van der Waals surface area contributed by atoms with Gasteiger partial charge in [0.25, 0.3) is 5.91 Å². The molecule has 0 saturated heterocycles. The molecule has 1 heterocycles. The van der Waals surface area contributed by atoms with Crippen molar-refractivity contribution in [3.8, 4) is 11.8 Å². The highest BCUT2D eigenvalue weighted by Crippen LogP contribution is 2.34. The van der Waals surface area contributed by atoms with Crippen molar-refractivity contribution in [1.82, 2.24) is 9.62 Å². The molecule has 9 heteroatoms. The van der Waals surface area contributed by atoms with Gasteiger partial charge in [0.05, 0.1) is 18.2 Å². The molecule has 0 spiro atoms. The van der Waals surface area contributed by atoms with Crippen molar-refractivity contribution >= 4 is 31.9 Å². The fourth-order valence-electron chi connectivity index (χ4n) is 1.84. The van der Waals surface area contributed by atoms with Crippen molar-refractivity contribution < 1.29 is 17.9 Å². The highest BCUT2D eigenvalue weighted by molar-refractivity contribution is 9.10. The first-order chi connectivity index (χ1) is 9.87. The summed E-state index contributed by atoms with van der Waals surface area (Å²) in [5.41, 5.74) is 0.144. The lowest BCUT2D eigenvalue weighted by Gasteiger charge is -2.18. The summed E-state index contributed by atoms with van der Waals surface area (Å²) < 4.78 is 31.8. The van der Waals surface area contributed by atoms with Gasteiger partial charge in [-0.3, -0.25) is 4.79 Å². The number of carbonyl (C=O) groups is 1. The normalized spacial score (nSPS) is 14.7. The standard InChI is InChI=1S/C12H12BrN3O4S/c1-16(4-2-14)21(18,19)10-7-8(13)6-9-11(10)20-5-3-15-12(9)17/h6-7H,3-5H2,1H3,(H,15,17). The van der Waals surface area contributed by atoms with Gasteiger partial charge in [0.2, 0.25) is 10.0 Å². The lowest BCUT2D eigenvalue weighted by atomic mass is 10.2. The van der Waals surface area contributed by atoms with Crippen molar-refractivity contribution in [2.75, 3.05) is 26.7 Å². The van der Waals surface area contributed by atoms with Crippen molar-refractivity contribution in [1.29, 1.82) is 5.26 Å². The summed E-state index contributed by atoms with van der Waals surface area (Å²) in [5.74, 6) is -0.388. The average Bonchev–Trinajstić information content (AvgIpc) is 2.61. The van der Waals surface area contributed by atoms with Crippen LogP contribution in [0.3, 0.4) is 0 Å². The van der Waals surface area contributed by atoms with E-state index in [9.17, 15) is 13.2 Å². The third-order valence-electron chi connectivity index (χ3n) is 2.88. The van der Waals surface area contributed by atoms with Crippen LogP contribution in [0.2, 0.25) is 0 Å². The third kappa shape index (κ3) is 3.02. The zero-order chi connectivity index (χ0) is 15.6. The fourth-order valence-corrected chi connectivity index (χ4v) is 3.69. The quantitative estimate of drug-likeness (QED) is 0.786. The van der Waals surface area contributed by atoms with Gasteiger partial charge >= 0.3 is 0 Å². The number of nitrogens with one attached hydrogen (secondary N) is 1.